The number of carbonyl (C=O) groups excluding carboxylic acids is 3. The number of ether oxygens (including phenoxy) is 1. The van der Waals surface area contributed by atoms with Crippen LogP contribution in [0.1, 0.15) is 44.0 Å². The van der Waals surface area contributed by atoms with Crippen molar-refractivity contribution in [2.75, 3.05) is 6.54 Å². The first-order valence-corrected chi connectivity index (χ1v) is 10.1. The molecule has 0 unspecified atom stereocenters. The van der Waals surface area contributed by atoms with Gasteiger partial charge in [-0.3, -0.25) is 23.7 Å². The molecule has 2 fully saturated rings. The Kier molecular flexibility index (Phi) is 5.05. The van der Waals surface area contributed by atoms with E-state index in [1.807, 2.05) is 6.92 Å². The average molecular weight is 412 g/mol. The lowest BCUT2D eigenvalue weighted by atomic mass is 9.73. The minimum atomic E-state index is -0.915. The van der Waals surface area contributed by atoms with Gasteiger partial charge in [0.25, 0.3) is 11.5 Å². The maximum absolute atomic E-state index is 12.9. The van der Waals surface area contributed by atoms with Gasteiger partial charge in [0.1, 0.15) is 24.3 Å². The number of amides is 3. The number of imide groups is 1. The summed E-state index contributed by atoms with van der Waals surface area (Å²) in [5.74, 6) is -1.08. The van der Waals surface area contributed by atoms with Crippen LogP contribution in [0.3, 0.4) is 0 Å². The summed E-state index contributed by atoms with van der Waals surface area (Å²) in [6.45, 7) is 3.06. The monoisotopic (exact) mass is 412 g/mol. The number of nitrogens with one attached hydrogen (secondary N) is 1. The lowest BCUT2D eigenvalue weighted by Gasteiger charge is -2.36. The molecule has 2 aromatic heterocycles. The van der Waals surface area contributed by atoms with Crippen LogP contribution in [0.5, 0.6) is 0 Å². The first-order chi connectivity index (χ1) is 14.3. The lowest BCUT2D eigenvalue weighted by Crippen LogP contribution is -2.54. The molecule has 4 rings (SSSR count). The van der Waals surface area contributed by atoms with Gasteiger partial charge < -0.3 is 10.1 Å². The first kappa shape index (κ1) is 20.1. The zero-order valence-corrected chi connectivity index (χ0v) is 17.0. The number of carbonyl (C=O) groups is 3. The van der Waals surface area contributed by atoms with Crippen molar-refractivity contribution in [2.45, 2.75) is 51.7 Å². The summed E-state index contributed by atoms with van der Waals surface area (Å²) in [5.41, 5.74) is 0.316. The normalized spacial score (nSPS) is 23.8. The fourth-order valence-electron chi connectivity index (χ4n) is 4.41. The molecule has 2 aliphatic rings. The van der Waals surface area contributed by atoms with E-state index in [2.05, 4.69) is 10.3 Å². The van der Waals surface area contributed by atoms with Gasteiger partial charge in [-0.1, -0.05) is 25.8 Å². The number of urea groups is 1. The van der Waals surface area contributed by atoms with Crippen molar-refractivity contribution in [3.05, 3.63) is 46.0 Å². The van der Waals surface area contributed by atoms with Gasteiger partial charge in [-0.2, -0.15) is 0 Å². The van der Waals surface area contributed by atoms with Crippen LogP contribution < -0.4 is 10.9 Å². The van der Waals surface area contributed by atoms with Crippen LogP contribution in [0, 0.1) is 12.8 Å². The number of nitrogens with zero attached hydrogens (tertiary/aromatic N) is 3. The fourth-order valence-corrected chi connectivity index (χ4v) is 4.41. The Morgan fingerprint density at radius 3 is 2.87 bits per heavy atom. The Balaban J connectivity index is 1.43. The highest BCUT2D eigenvalue weighted by Gasteiger charge is 2.55. The summed E-state index contributed by atoms with van der Waals surface area (Å²) in [6, 6.07) is 6.01. The van der Waals surface area contributed by atoms with Crippen LogP contribution in [0.2, 0.25) is 0 Å². The Hall–Kier alpha value is -3.23. The number of hydrogen-bond acceptors (Lipinski definition) is 6. The van der Waals surface area contributed by atoms with E-state index in [0.29, 0.717) is 17.8 Å². The number of hydrogen-bond donors (Lipinski definition) is 1. The smallest absolute Gasteiger partial charge is 0.326 e. The highest BCUT2D eigenvalue weighted by Crippen LogP contribution is 2.38. The van der Waals surface area contributed by atoms with Crippen LogP contribution in [0.15, 0.2) is 29.1 Å². The zero-order chi connectivity index (χ0) is 21.5. The number of fused-ring (bicyclic) bond motifs is 1. The topological polar surface area (TPSA) is 110 Å². The Morgan fingerprint density at radius 2 is 2.10 bits per heavy atom. The largest absolute Gasteiger partial charge is 0.458 e. The molecular weight excluding hydrogens is 388 g/mol. The third-order valence-corrected chi connectivity index (χ3v) is 6.10. The molecular formula is C21H24N4O5. The number of aryl methyl sites for hydroxylation is 1. The predicted octanol–water partition coefficient (Wildman–Crippen LogP) is 1.55. The number of pyridine rings is 1. The molecule has 1 saturated carbocycles. The predicted molar refractivity (Wildman–Crippen MR) is 107 cm³/mol. The number of rotatable bonds is 4. The van der Waals surface area contributed by atoms with E-state index in [1.165, 1.54) is 10.5 Å². The third kappa shape index (κ3) is 3.34. The molecule has 2 atom stereocenters. The van der Waals surface area contributed by atoms with E-state index in [-0.39, 0.29) is 24.0 Å². The highest BCUT2D eigenvalue weighted by atomic mass is 16.5. The van der Waals surface area contributed by atoms with E-state index in [9.17, 15) is 19.2 Å². The molecule has 3 heterocycles. The van der Waals surface area contributed by atoms with Crippen LogP contribution in [-0.2, 0) is 20.9 Å². The second-order valence-electron chi connectivity index (χ2n) is 8.05. The van der Waals surface area contributed by atoms with E-state index in [4.69, 9.17) is 4.74 Å². The molecule has 9 nitrogen and oxygen atoms in total. The summed E-state index contributed by atoms with van der Waals surface area (Å²) < 4.78 is 6.66. The molecule has 30 heavy (non-hydrogen) atoms. The van der Waals surface area contributed by atoms with Crippen molar-refractivity contribution in [3.8, 4) is 0 Å². The van der Waals surface area contributed by atoms with Crippen LogP contribution >= 0.6 is 0 Å². The van der Waals surface area contributed by atoms with Gasteiger partial charge in [-0.15, -0.1) is 0 Å². The second kappa shape index (κ2) is 7.55. The SMILES string of the molecule is Cc1cccc2nc(COC(=O)CN3C(=O)N[C@@]4(CCCC[C@H]4C)C3=O)cc(=O)n12. The van der Waals surface area contributed by atoms with Crippen molar-refractivity contribution in [3.63, 3.8) is 0 Å². The summed E-state index contributed by atoms with van der Waals surface area (Å²) in [4.78, 5) is 55.2. The average Bonchev–Trinajstić information content (AvgIpc) is 2.93. The quantitative estimate of drug-likeness (QED) is 0.603. The van der Waals surface area contributed by atoms with Gasteiger partial charge in [-0.25, -0.2) is 9.78 Å². The molecule has 2 aromatic rings. The van der Waals surface area contributed by atoms with E-state index < -0.39 is 24.1 Å². The van der Waals surface area contributed by atoms with E-state index in [0.717, 1.165) is 29.9 Å². The highest BCUT2D eigenvalue weighted by molar-refractivity contribution is 6.08. The zero-order valence-electron chi connectivity index (χ0n) is 17.0. The summed E-state index contributed by atoms with van der Waals surface area (Å²) in [7, 11) is 0. The van der Waals surface area contributed by atoms with Crippen molar-refractivity contribution < 1.29 is 19.1 Å². The molecule has 1 saturated heterocycles. The Labute approximate surface area is 173 Å². The lowest BCUT2D eigenvalue weighted by molar-refractivity contribution is -0.149. The third-order valence-electron chi connectivity index (χ3n) is 6.10. The fraction of sp³-hybridized carbons (Fsp3) is 0.476. The maximum atomic E-state index is 12.9. The Bertz CT molecular complexity index is 1090. The van der Waals surface area contributed by atoms with Crippen molar-refractivity contribution in [1.82, 2.24) is 19.6 Å². The van der Waals surface area contributed by atoms with Crippen molar-refractivity contribution >= 4 is 23.6 Å². The number of esters is 1. The van der Waals surface area contributed by atoms with E-state index >= 15 is 0 Å². The van der Waals surface area contributed by atoms with Gasteiger partial charge in [0, 0.05) is 11.8 Å². The molecule has 1 aliphatic carbocycles. The van der Waals surface area contributed by atoms with Crippen LogP contribution in [-0.4, -0.2) is 44.3 Å². The molecule has 0 aromatic carbocycles. The van der Waals surface area contributed by atoms with Crippen LogP contribution in [0.4, 0.5) is 4.79 Å². The summed E-state index contributed by atoms with van der Waals surface area (Å²) in [5, 5.41) is 2.80. The molecule has 1 N–H and O–H groups in total. The Morgan fingerprint density at radius 1 is 1.30 bits per heavy atom. The summed E-state index contributed by atoms with van der Waals surface area (Å²) >= 11 is 0. The van der Waals surface area contributed by atoms with Crippen LogP contribution in [0.25, 0.3) is 5.65 Å². The number of aromatic nitrogens is 2. The van der Waals surface area contributed by atoms with Crippen molar-refractivity contribution in [1.29, 1.82) is 0 Å². The van der Waals surface area contributed by atoms with Gasteiger partial charge in [0.2, 0.25) is 0 Å². The standard InChI is InChI=1S/C21H24N4O5/c1-13-6-3-4-9-21(13)19(28)24(20(29)23-21)11-18(27)30-12-15-10-17(26)25-14(2)7-5-8-16(25)22-15/h5,7-8,10,13H,3-4,6,9,11-12H2,1-2H3,(H,23,29)/t13-,21-/m1/s1. The van der Waals surface area contributed by atoms with Crippen molar-refractivity contribution in [2.24, 2.45) is 5.92 Å². The van der Waals surface area contributed by atoms with Gasteiger partial charge >= 0.3 is 12.0 Å². The van der Waals surface area contributed by atoms with E-state index in [1.54, 1.807) is 25.1 Å². The molecule has 158 valence electrons. The minimum Gasteiger partial charge on any atom is -0.458 e. The molecule has 0 radical (unpaired) electrons. The molecule has 0 bridgehead atoms. The minimum absolute atomic E-state index is 0.0157. The molecule has 9 heteroatoms. The summed E-state index contributed by atoms with van der Waals surface area (Å²) in [6.07, 6.45) is 3.31. The molecule has 3 amide bonds. The first-order valence-electron chi connectivity index (χ1n) is 10.1. The van der Waals surface area contributed by atoms with Gasteiger partial charge in [0.15, 0.2) is 0 Å². The maximum Gasteiger partial charge on any atom is 0.326 e. The van der Waals surface area contributed by atoms with Gasteiger partial charge in [-0.05, 0) is 37.8 Å². The van der Waals surface area contributed by atoms with Gasteiger partial charge in [0.05, 0.1) is 5.69 Å². The molecule has 1 spiro atoms. The second-order valence-corrected chi connectivity index (χ2v) is 8.05. The molecule has 1 aliphatic heterocycles.